The van der Waals surface area contributed by atoms with Crippen LogP contribution in [0.25, 0.3) is 0 Å². The zero-order valence-corrected chi connectivity index (χ0v) is 24.3. The van der Waals surface area contributed by atoms with Crippen molar-refractivity contribution in [3.8, 4) is 23.0 Å². The Kier molecular flexibility index (Phi) is 10.1. The summed E-state index contributed by atoms with van der Waals surface area (Å²) in [6.45, 7) is 12.4. The molecule has 0 aliphatic carbocycles. The molecule has 39 heavy (non-hydrogen) atoms. The molecule has 0 fully saturated rings. The van der Waals surface area contributed by atoms with Crippen LogP contribution in [0.1, 0.15) is 91.1 Å². The topological polar surface area (TPSA) is 101 Å². The molecule has 0 spiro atoms. The van der Waals surface area contributed by atoms with E-state index in [1.807, 2.05) is 27.7 Å². The fourth-order valence-electron chi connectivity index (χ4n) is 4.99. The number of benzene rings is 2. The van der Waals surface area contributed by atoms with E-state index < -0.39 is 11.9 Å². The van der Waals surface area contributed by atoms with Gasteiger partial charge in [0.15, 0.2) is 5.78 Å². The second kappa shape index (κ2) is 13.1. The number of carbonyl (C=O) groups excluding carboxylic acids is 2. The lowest BCUT2D eigenvalue weighted by molar-refractivity contribution is -0.152. The number of methoxy groups -OCH3 is 1. The van der Waals surface area contributed by atoms with E-state index in [1.54, 1.807) is 19.1 Å². The highest BCUT2D eigenvalue weighted by Crippen LogP contribution is 2.44. The van der Waals surface area contributed by atoms with E-state index in [1.165, 1.54) is 14.0 Å². The highest BCUT2D eigenvalue weighted by atomic mass is 16.8. The van der Waals surface area contributed by atoms with Crippen molar-refractivity contribution in [2.75, 3.05) is 20.3 Å². The van der Waals surface area contributed by atoms with Gasteiger partial charge in [-0.15, -0.1) is 0 Å². The first-order chi connectivity index (χ1) is 18.5. The molecule has 0 bridgehead atoms. The molecular weight excluding hydrogens is 500 g/mol. The van der Waals surface area contributed by atoms with Crippen LogP contribution in [0.15, 0.2) is 12.1 Å². The maximum absolute atomic E-state index is 11.8. The van der Waals surface area contributed by atoms with Gasteiger partial charge in [-0.1, -0.05) is 13.3 Å². The fourth-order valence-corrected chi connectivity index (χ4v) is 4.99. The lowest BCUT2D eigenvalue weighted by Crippen LogP contribution is -2.41. The van der Waals surface area contributed by atoms with E-state index in [0.29, 0.717) is 49.4 Å². The van der Waals surface area contributed by atoms with E-state index in [4.69, 9.17) is 18.9 Å². The highest BCUT2D eigenvalue weighted by Gasteiger charge is 2.38. The van der Waals surface area contributed by atoms with E-state index in [2.05, 4.69) is 4.74 Å². The first-order valence-electron chi connectivity index (χ1n) is 13.7. The molecule has 214 valence electrons. The Morgan fingerprint density at radius 3 is 2.36 bits per heavy atom. The van der Waals surface area contributed by atoms with Crippen molar-refractivity contribution in [2.45, 2.75) is 92.3 Å². The van der Waals surface area contributed by atoms with Crippen molar-refractivity contribution in [3.63, 3.8) is 0 Å². The van der Waals surface area contributed by atoms with Crippen molar-refractivity contribution < 1.29 is 38.4 Å². The van der Waals surface area contributed by atoms with Crippen molar-refractivity contribution in [2.24, 2.45) is 0 Å². The Balaban J connectivity index is 1.54. The summed E-state index contributed by atoms with van der Waals surface area (Å²) >= 11 is 0. The number of carbonyl (C=O) groups is 2. The maximum atomic E-state index is 11.8. The number of rotatable bonds is 12. The van der Waals surface area contributed by atoms with Gasteiger partial charge in [0.25, 0.3) is 5.79 Å². The predicted octanol–water partition coefficient (Wildman–Crippen LogP) is 6.92. The molecule has 0 unspecified atom stereocenters. The summed E-state index contributed by atoms with van der Waals surface area (Å²) in [6.07, 6.45) is 4.60. The van der Waals surface area contributed by atoms with E-state index in [-0.39, 0.29) is 11.5 Å². The molecule has 0 saturated heterocycles. The van der Waals surface area contributed by atoms with Gasteiger partial charge in [0, 0.05) is 24.5 Å². The number of unbranched alkanes of at least 4 members (excludes halogenated alkanes) is 2. The summed E-state index contributed by atoms with van der Waals surface area (Å²) in [4.78, 5) is 23.4. The largest absolute Gasteiger partial charge is 0.511 e. The maximum Gasteiger partial charge on any atom is 0.511 e. The number of ketones is 1. The van der Waals surface area contributed by atoms with Gasteiger partial charge in [-0.2, -0.15) is 0 Å². The van der Waals surface area contributed by atoms with Crippen LogP contribution in [-0.4, -0.2) is 43.2 Å². The summed E-state index contributed by atoms with van der Waals surface area (Å²) in [7, 11) is 1.28. The van der Waals surface area contributed by atoms with Crippen LogP contribution < -0.4 is 14.2 Å². The molecule has 3 rings (SSSR count). The second-order valence-corrected chi connectivity index (χ2v) is 10.3. The SMILES string of the molecule is CCCc1c(OCCCCCOc2c(C)c(C)c3c(c2C)CC[C@@](C)(OC(=O)OC)O3)ccc(C(C)=O)c1O. The number of fused-ring (bicyclic) bond motifs is 1. The normalized spacial score (nSPS) is 16.2. The molecular formula is C31H42O8. The third-order valence-electron chi connectivity index (χ3n) is 7.34. The number of phenolic OH excluding ortho intramolecular Hbond substituents is 1. The Labute approximate surface area is 231 Å². The number of hydrogen-bond acceptors (Lipinski definition) is 8. The minimum Gasteiger partial charge on any atom is -0.507 e. The zero-order chi connectivity index (χ0) is 28.7. The monoisotopic (exact) mass is 542 g/mol. The van der Waals surface area contributed by atoms with Gasteiger partial charge in [0.1, 0.15) is 23.0 Å². The minimum absolute atomic E-state index is 0.0346. The Morgan fingerprint density at radius 2 is 1.72 bits per heavy atom. The number of aromatic hydroxyl groups is 1. The number of phenols is 1. The van der Waals surface area contributed by atoms with Crippen LogP contribution in [0.3, 0.4) is 0 Å². The lowest BCUT2D eigenvalue weighted by atomic mass is 9.91. The molecule has 1 N–H and O–H groups in total. The van der Waals surface area contributed by atoms with Gasteiger partial charge in [-0.25, -0.2) is 4.79 Å². The molecule has 8 heteroatoms. The van der Waals surface area contributed by atoms with Crippen LogP contribution in [-0.2, 0) is 22.3 Å². The molecule has 1 aliphatic heterocycles. The number of Topliss-reactive ketones (excluding diaryl/α,β-unsaturated/α-hetero) is 1. The molecule has 0 saturated carbocycles. The Morgan fingerprint density at radius 1 is 1.03 bits per heavy atom. The van der Waals surface area contributed by atoms with Gasteiger partial charge in [0.2, 0.25) is 0 Å². The van der Waals surface area contributed by atoms with Crippen LogP contribution in [0.4, 0.5) is 4.79 Å². The zero-order valence-electron chi connectivity index (χ0n) is 24.3. The molecule has 2 aromatic carbocycles. The highest BCUT2D eigenvalue weighted by molar-refractivity contribution is 5.97. The van der Waals surface area contributed by atoms with Crippen LogP contribution in [0.2, 0.25) is 0 Å². The summed E-state index contributed by atoms with van der Waals surface area (Å²) in [5, 5.41) is 10.5. The first-order valence-corrected chi connectivity index (χ1v) is 13.7. The molecule has 0 amide bonds. The molecule has 8 nitrogen and oxygen atoms in total. The smallest absolute Gasteiger partial charge is 0.507 e. The average Bonchev–Trinajstić information content (AvgIpc) is 2.89. The van der Waals surface area contributed by atoms with E-state index in [0.717, 1.165) is 59.4 Å². The van der Waals surface area contributed by atoms with Gasteiger partial charge >= 0.3 is 6.16 Å². The molecule has 0 aromatic heterocycles. The van der Waals surface area contributed by atoms with Crippen molar-refractivity contribution >= 4 is 11.9 Å². The number of hydrogen-bond donors (Lipinski definition) is 1. The molecule has 2 aromatic rings. The van der Waals surface area contributed by atoms with Crippen LogP contribution in [0.5, 0.6) is 23.0 Å². The summed E-state index contributed by atoms with van der Waals surface area (Å²) in [6, 6.07) is 3.41. The summed E-state index contributed by atoms with van der Waals surface area (Å²) < 4.78 is 28.4. The van der Waals surface area contributed by atoms with Crippen molar-refractivity contribution in [1.82, 2.24) is 0 Å². The second-order valence-electron chi connectivity index (χ2n) is 10.3. The molecule has 1 heterocycles. The lowest BCUT2D eigenvalue weighted by Gasteiger charge is -2.36. The van der Waals surface area contributed by atoms with Gasteiger partial charge in [-0.3, -0.25) is 4.79 Å². The molecule has 1 aliphatic rings. The average molecular weight is 543 g/mol. The first kappa shape index (κ1) is 30.1. The number of ether oxygens (including phenoxy) is 5. The van der Waals surface area contributed by atoms with Gasteiger partial charge in [-0.05, 0) is 88.6 Å². The molecule has 0 radical (unpaired) electrons. The third-order valence-corrected chi connectivity index (χ3v) is 7.34. The standard InChI is InChI=1S/C31H42O8/c1-8-12-25-26(14-13-24(22(5)32)27(25)33)36-17-10-9-11-18-37-28-19(2)20(3)29-23(21(28)4)15-16-31(6,38-29)39-30(34)35-7/h13-14,33H,8-12,15-18H2,1-7H3/t31-/m1/s1. The fraction of sp³-hybridized carbons (Fsp3) is 0.548. The van der Waals surface area contributed by atoms with Crippen molar-refractivity contribution in [1.29, 1.82) is 0 Å². The molecule has 1 atom stereocenters. The van der Waals surface area contributed by atoms with Crippen LogP contribution in [0, 0.1) is 20.8 Å². The van der Waals surface area contributed by atoms with E-state index in [9.17, 15) is 14.7 Å². The van der Waals surface area contributed by atoms with Gasteiger partial charge < -0.3 is 28.8 Å². The summed E-state index contributed by atoms with van der Waals surface area (Å²) in [5.74, 6) is 1.08. The summed E-state index contributed by atoms with van der Waals surface area (Å²) in [5.41, 5.74) is 5.14. The third kappa shape index (κ3) is 6.97. The minimum atomic E-state index is -1.07. The quantitative estimate of drug-likeness (QED) is 0.175. The Hall–Kier alpha value is -3.42. The predicted molar refractivity (Wildman–Crippen MR) is 148 cm³/mol. The van der Waals surface area contributed by atoms with E-state index >= 15 is 0 Å². The van der Waals surface area contributed by atoms with Crippen LogP contribution >= 0.6 is 0 Å². The Bertz CT molecular complexity index is 1200. The van der Waals surface area contributed by atoms with Crippen molar-refractivity contribution in [3.05, 3.63) is 45.5 Å². The van der Waals surface area contributed by atoms with Gasteiger partial charge in [0.05, 0.1) is 25.9 Å².